The largest absolute Gasteiger partial charge is 0.265 e. The Labute approximate surface area is 102 Å². The lowest BCUT2D eigenvalue weighted by atomic mass is 9.96. The molecule has 0 saturated carbocycles. The monoisotopic (exact) mass is 281 g/mol. The van der Waals surface area contributed by atoms with Gasteiger partial charge in [-0.1, -0.05) is 22.9 Å². The van der Waals surface area contributed by atoms with Crippen LogP contribution in [0.25, 0.3) is 0 Å². The van der Waals surface area contributed by atoms with E-state index < -0.39 is 0 Å². The average Bonchev–Trinajstić information content (AvgIpc) is 2.82. The first kappa shape index (κ1) is 10.8. The van der Waals surface area contributed by atoms with Gasteiger partial charge < -0.3 is 0 Å². The van der Waals surface area contributed by atoms with Gasteiger partial charge in [0.25, 0.3) is 0 Å². The van der Waals surface area contributed by atoms with Crippen LogP contribution in [0.15, 0.2) is 41.4 Å². The fourth-order valence-electron chi connectivity index (χ4n) is 1.56. The van der Waals surface area contributed by atoms with Gasteiger partial charge >= 0.3 is 0 Å². The molecule has 15 heavy (non-hydrogen) atoms. The number of pyridine rings is 1. The highest BCUT2D eigenvalue weighted by Gasteiger charge is 2.17. The van der Waals surface area contributed by atoms with Crippen LogP contribution in [0.5, 0.6) is 0 Å². The molecule has 0 aromatic carbocycles. The zero-order valence-corrected chi connectivity index (χ0v) is 10.8. The molecule has 0 amide bonds. The highest BCUT2D eigenvalue weighted by atomic mass is 79.9. The third-order valence-electron chi connectivity index (χ3n) is 2.53. The Morgan fingerprint density at radius 3 is 2.53 bits per heavy atom. The maximum Gasteiger partial charge on any atom is 0.0469 e. The van der Waals surface area contributed by atoms with Gasteiger partial charge in [0, 0.05) is 17.2 Å². The first-order valence-corrected chi connectivity index (χ1v) is 6.71. The molecule has 0 fully saturated rings. The molecule has 0 aliphatic heterocycles. The van der Waals surface area contributed by atoms with Gasteiger partial charge in [0.1, 0.15) is 0 Å². The van der Waals surface area contributed by atoms with E-state index in [0.717, 1.165) is 0 Å². The second-order valence-corrected chi connectivity index (χ2v) is 5.29. The summed E-state index contributed by atoms with van der Waals surface area (Å²) in [5.41, 5.74) is 2.67. The quantitative estimate of drug-likeness (QED) is 0.761. The molecule has 0 saturated heterocycles. The molecule has 0 aliphatic rings. The molecule has 0 spiro atoms. The van der Waals surface area contributed by atoms with Gasteiger partial charge in [-0.05, 0) is 46.0 Å². The maximum atomic E-state index is 4.04. The van der Waals surface area contributed by atoms with Crippen LogP contribution in [-0.2, 0) is 0 Å². The number of rotatable bonds is 3. The lowest BCUT2D eigenvalue weighted by Gasteiger charge is -2.17. The number of hydrogen-bond donors (Lipinski definition) is 0. The topological polar surface area (TPSA) is 12.9 Å². The summed E-state index contributed by atoms with van der Waals surface area (Å²) in [6.45, 7) is 2.23. The van der Waals surface area contributed by atoms with Gasteiger partial charge in [-0.15, -0.1) is 0 Å². The third kappa shape index (κ3) is 2.47. The summed E-state index contributed by atoms with van der Waals surface area (Å²) in [5, 5.41) is 4.31. The molecule has 2 aromatic heterocycles. The first-order chi connectivity index (χ1) is 7.29. The highest BCUT2D eigenvalue weighted by Crippen LogP contribution is 2.38. The van der Waals surface area contributed by atoms with E-state index >= 15 is 0 Å². The van der Waals surface area contributed by atoms with Crippen LogP contribution in [0, 0.1) is 0 Å². The second-order valence-electron chi connectivity index (χ2n) is 3.53. The summed E-state index contributed by atoms with van der Waals surface area (Å²) in [4.78, 5) is 4.42. The maximum absolute atomic E-state index is 4.04. The second kappa shape index (κ2) is 4.90. The van der Waals surface area contributed by atoms with E-state index in [1.54, 1.807) is 11.3 Å². The first-order valence-electron chi connectivity index (χ1n) is 4.85. The van der Waals surface area contributed by atoms with Crippen molar-refractivity contribution in [1.29, 1.82) is 0 Å². The van der Waals surface area contributed by atoms with Crippen LogP contribution < -0.4 is 0 Å². The molecule has 0 N–H and O–H groups in total. The molecule has 78 valence electrons. The lowest BCUT2D eigenvalue weighted by molar-refractivity contribution is 0.752. The Bertz CT molecular complexity index is 399. The van der Waals surface area contributed by atoms with Gasteiger partial charge in [-0.25, -0.2) is 0 Å². The molecule has 0 aliphatic carbocycles. The van der Waals surface area contributed by atoms with E-state index in [2.05, 4.69) is 56.8 Å². The predicted molar refractivity (Wildman–Crippen MR) is 68.6 cm³/mol. The Kier molecular flexibility index (Phi) is 3.54. The van der Waals surface area contributed by atoms with Crippen LogP contribution >= 0.6 is 27.3 Å². The van der Waals surface area contributed by atoms with Gasteiger partial charge in [-0.2, -0.15) is 11.3 Å². The molecule has 1 nitrogen and oxygen atoms in total. The van der Waals surface area contributed by atoms with Gasteiger partial charge in [-0.3, -0.25) is 4.98 Å². The number of hydrogen-bond acceptors (Lipinski definition) is 2. The van der Waals surface area contributed by atoms with Crippen molar-refractivity contribution in [3.63, 3.8) is 0 Å². The molecular formula is C12H12BrNS. The van der Waals surface area contributed by atoms with Crippen LogP contribution in [0.2, 0.25) is 0 Å². The number of alkyl halides is 1. The van der Waals surface area contributed by atoms with Gasteiger partial charge in [0.2, 0.25) is 0 Å². The minimum absolute atomic E-state index is 0.381. The molecule has 0 bridgehead atoms. The molecule has 2 heterocycles. The third-order valence-corrected chi connectivity index (χ3v) is 4.56. The summed E-state index contributed by atoms with van der Waals surface area (Å²) < 4.78 is 0. The van der Waals surface area contributed by atoms with Gasteiger partial charge in [0.15, 0.2) is 0 Å². The standard InChI is InChI=1S/C12H12BrNS/c1-9(10-2-5-14-6-3-10)12(13)11-4-7-15-8-11/h2-9,12H,1H3. The van der Waals surface area contributed by atoms with Crippen molar-refractivity contribution in [2.75, 3.05) is 0 Å². The van der Waals surface area contributed by atoms with E-state index in [0.29, 0.717) is 10.7 Å². The van der Waals surface area contributed by atoms with Crippen molar-refractivity contribution >= 4 is 27.3 Å². The fraction of sp³-hybridized carbons (Fsp3) is 0.250. The van der Waals surface area contributed by atoms with Crippen molar-refractivity contribution in [1.82, 2.24) is 4.98 Å². The fourth-order valence-corrected chi connectivity index (χ4v) is 3.02. The minimum Gasteiger partial charge on any atom is -0.265 e. The van der Waals surface area contributed by atoms with Crippen LogP contribution in [0.4, 0.5) is 0 Å². The van der Waals surface area contributed by atoms with Crippen molar-refractivity contribution in [3.8, 4) is 0 Å². The molecule has 2 atom stereocenters. The van der Waals surface area contributed by atoms with Crippen molar-refractivity contribution < 1.29 is 0 Å². The molecule has 2 rings (SSSR count). The van der Waals surface area contributed by atoms with Crippen molar-refractivity contribution in [3.05, 3.63) is 52.5 Å². The van der Waals surface area contributed by atoms with Crippen LogP contribution in [-0.4, -0.2) is 4.98 Å². The number of nitrogens with zero attached hydrogens (tertiary/aromatic N) is 1. The van der Waals surface area contributed by atoms with E-state index in [4.69, 9.17) is 0 Å². The Morgan fingerprint density at radius 2 is 1.93 bits per heavy atom. The van der Waals surface area contributed by atoms with Crippen LogP contribution in [0.1, 0.15) is 28.8 Å². The van der Waals surface area contributed by atoms with Crippen molar-refractivity contribution in [2.24, 2.45) is 0 Å². The Morgan fingerprint density at radius 1 is 1.20 bits per heavy atom. The van der Waals surface area contributed by atoms with Gasteiger partial charge in [0.05, 0.1) is 0 Å². The molecule has 3 heteroatoms. The summed E-state index contributed by atoms with van der Waals surface area (Å²) in [6.07, 6.45) is 3.69. The molecule has 2 aromatic rings. The predicted octanol–water partition coefficient (Wildman–Crippen LogP) is 4.38. The Balaban J connectivity index is 2.18. The Hall–Kier alpha value is -0.670. The lowest BCUT2D eigenvalue weighted by Crippen LogP contribution is -2.00. The number of thiophene rings is 1. The number of aromatic nitrogens is 1. The summed E-state index contributed by atoms with van der Waals surface area (Å²) in [5.74, 6) is 0.461. The zero-order chi connectivity index (χ0) is 10.7. The highest BCUT2D eigenvalue weighted by molar-refractivity contribution is 9.09. The smallest absolute Gasteiger partial charge is 0.0469 e. The van der Waals surface area contributed by atoms with E-state index in [1.807, 2.05) is 12.4 Å². The summed E-state index contributed by atoms with van der Waals surface area (Å²) in [7, 11) is 0. The van der Waals surface area contributed by atoms with E-state index in [1.165, 1.54) is 11.1 Å². The minimum atomic E-state index is 0.381. The molecular weight excluding hydrogens is 270 g/mol. The van der Waals surface area contributed by atoms with Crippen LogP contribution in [0.3, 0.4) is 0 Å². The van der Waals surface area contributed by atoms with E-state index in [-0.39, 0.29) is 0 Å². The normalized spacial score (nSPS) is 14.8. The SMILES string of the molecule is CC(c1ccncc1)C(Br)c1ccsc1. The summed E-state index contributed by atoms with van der Waals surface area (Å²) in [6, 6.07) is 6.32. The molecule has 2 unspecified atom stereocenters. The average molecular weight is 282 g/mol. The van der Waals surface area contributed by atoms with E-state index in [9.17, 15) is 0 Å². The number of halogens is 1. The zero-order valence-electron chi connectivity index (χ0n) is 8.43. The summed E-state index contributed by atoms with van der Waals surface area (Å²) >= 11 is 5.49. The molecule has 0 radical (unpaired) electrons. The van der Waals surface area contributed by atoms with Crippen molar-refractivity contribution in [2.45, 2.75) is 17.7 Å².